The Balaban J connectivity index is 1.82. The minimum absolute atomic E-state index is 0.149. The van der Waals surface area contributed by atoms with Crippen LogP contribution in [0.25, 0.3) is 5.65 Å². The summed E-state index contributed by atoms with van der Waals surface area (Å²) in [6, 6.07) is 0. The third kappa shape index (κ3) is 2.09. The number of imidazole rings is 1. The lowest BCUT2D eigenvalue weighted by molar-refractivity contribution is 0.0667. The molecule has 3 N–H and O–H groups in total. The molecule has 0 saturated carbocycles. The van der Waals surface area contributed by atoms with E-state index in [-0.39, 0.29) is 6.10 Å². The lowest BCUT2D eigenvalue weighted by atomic mass is 10.2. The second-order valence-electron chi connectivity index (χ2n) is 4.18. The average molecular weight is 249 g/mol. The second-order valence-corrected chi connectivity index (χ2v) is 4.18. The molecular weight excluding hydrogens is 234 g/mol. The number of aromatic nitrogens is 3. The van der Waals surface area contributed by atoms with E-state index in [0.717, 1.165) is 19.4 Å². The molecule has 0 radical (unpaired) electrons. The van der Waals surface area contributed by atoms with E-state index >= 15 is 0 Å². The fourth-order valence-corrected chi connectivity index (χ4v) is 2.02. The van der Waals surface area contributed by atoms with E-state index in [9.17, 15) is 0 Å². The van der Waals surface area contributed by atoms with Gasteiger partial charge >= 0.3 is 0 Å². The summed E-state index contributed by atoms with van der Waals surface area (Å²) in [7, 11) is 0. The minimum atomic E-state index is 0.149. The predicted molar refractivity (Wildman–Crippen MR) is 65.3 cm³/mol. The van der Waals surface area contributed by atoms with E-state index in [2.05, 4.69) is 15.4 Å². The summed E-state index contributed by atoms with van der Waals surface area (Å²) in [4.78, 5) is 8.46. The molecule has 7 heteroatoms. The van der Waals surface area contributed by atoms with Crippen LogP contribution >= 0.6 is 0 Å². The Bertz CT molecular complexity index is 535. The molecule has 1 atom stereocenters. The summed E-state index contributed by atoms with van der Waals surface area (Å²) in [5, 5.41) is 0. The summed E-state index contributed by atoms with van der Waals surface area (Å²) in [6.45, 7) is 1.30. The molecule has 1 unspecified atom stereocenters. The average Bonchev–Trinajstić information content (AvgIpc) is 3.06. The first-order chi connectivity index (χ1) is 8.86. The van der Waals surface area contributed by atoms with Crippen molar-refractivity contribution in [2.75, 3.05) is 18.6 Å². The molecular formula is C11H15N5O2. The Morgan fingerprint density at radius 3 is 3.33 bits per heavy atom. The van der Waals surface area contributed by atoms with Gasteiger partial charge in [0.05, 0.1) is 12.3 Å². The number of nitrogens with one attached hydrogen (secondary N) is 1. The van der Waals surface area contributed by atoms with Crippen LogP contribution in [-0.2, 0) is 4.74 Å². The first-order valence-corrected chi connectivity index (χ1v) is 5.91. The summed E-state index contributed by atoms with van der Waals surface area (Å²) < 4.78 is 13.0. The van der Waals surface area contributed by atoms with Crippen LogP contribution in [0, 0.1) is 0 Å². The number of ether oxygens (including phenoxy) is 2. The van der Waals surface area contributed by atoms with Gasteiger partial charge < -0.3 is 14.9 Å². The first kappa shape index (κ1) is 11.2. The highest BCUT2D eigenvalue weighted by Crippen LogP contribution is 2.20. The lowest BCUT2D eigenvalue weighted by Crippen LogP contribution is -2.18. The molecule has 2 aromatic heterocycles. The van der Waals surface area contributed by atoms with Crippen LogP contribution in [0.4, 0.5) is 5.82 Å². The van der Waals surface area contributed by atoms with Crippen LogP contribution in [0.15, 0.2) is 18.6 Å². The van der Waals surface area contributed by atoms with Crippen LogP contribution in [0.3, 0.4) is 0 Å². The molecule has 1 saturated heterocycles. The van der Waals surface area contributed by atoms with Crippen molar-refractivity contribution in [2.24, 2.45) is 5.84 Å². The van der Waals surface area contributed by atoms with Gasteiger partial charge in [0.15, 0.2) is 5.82 Å². The second kappa shape index (κ2) is 4.79. The largest absolute Gasteiger partial charge is 0.472 e. The Labute approximate surface area is 104 Å². The lowest BCUT2D eigenvalue weighted by Gasteiger charge is -2.12. The van der Waals surface area contributed by atoms with Crippen LogP contribution in [0.5, 0.6) is 5.88 Å². The van der Waals surface area contributed by atoms with Gasteiger partial charge in [-0.05, 0) is 12.8 Å². The van der Waals surface area contributed by atoms with Crippen molar-refractivity contribution in [3.63, 3.8) is 0 Å². The number of nitrogens with two attached hydrogens (primary N) is 1. The molecule has 3 heterocycles. The van der Waals surface area contributed by atoms with Crippen molar-refractivity contribution < 1.29 is 9.47 Å². The van der Waals surface area contributed by atoms with Crippen molar-refractivity contribution in [2.45, 2.75) is 18.9 Å². The molecule has 0 spiro atoms. The van der Waals surface area contributed by atoms with E-state index in [4.69, 9.17) is 15.3 Å². The molecule has 2 aromatic rings. The molecule has 0 amide bonds. The predicted octanol–water partition coefficient (Wildman–Crippen LogP) is 0.573. The molecule has 18 heavy (non-hydrogen) atoms. The third-order valence-electron chi connectivity index (χ3n) is 2.92. The van der Waals surface area contributed by atoms with Gasteiger partial charge in [0.25, 0.3) is 5.88 Å². The maximum atomic E-state index is 5.69. The van der Waals surface area contributed by atoms with Gasteiger partial charge in [-0.15, -0.1) is 0 Å². The number of nitrogen functional groups attached to an aromatic ring is 1. The fraction of sp³-hybridized carbons (Fsp3) is 0.455. The summed E-state index contributed by atoms with van der Waals surface area (Å²) >= 11 is 0. The van der Waals surface area contributed by atoms with Crippen molar-refractivity contribution in [3.05, 3.63) is 18.6 Å². The number of hydrogen-bond acceptors (Lipinski definition) is 6. The third-order valence-corrected chi connectivity index (χ3v) is 2.92. The first-order valence-electron chi connectivity index (χ1n) is 5.91. The highest BCUT2D eigenvalue weighted by atomic mass is 16.5. The zero-order chi connectivity index (χ0) is 12.4. The van der Waals surface area contributed by atoms with Gasteiger partial charge in [-0.2, -0.15) is 4.98 Å². The molecule has 1 fully saturated rings. The maximum absolute atomic E-state index is 5.69. The van der Waals surface area contributed by atoms with Gasteiger partial charge in [0.1, 0.15) is 6.61 Å². The van der Waals surface area contributed by atoms with Gasteiger partial charge in [0.2, 0.25) is 5.65 Å². The monoisotopic (exact) mass is 249 g/mol. The highest BCUT2D eigenvalue weighted by Gasteiger charge is 2.17. The van der Waals surface area contributed by atoms with E-state index in [1.807, 2.05) is 10.6 Å². The summed E-state index contributed by atoms with van der Waals surface area (Å²) in [6.07, 6.45) is 7.52. The molecule has 0 bridgehead atoms. The molecule has 1 aliphatic heterocycles. The Hall–Kier alpha value is -1.86. The molecule has 3 rings (SSSR count). The number of hydrazine groups is 1. The summed E-state index contributed by atoms with van der Waals surface area (Å²) in [5.41, 5.74) is 3.18. The Morgan fingerprint density at radius 2 is 2.56 bits per heavy atom. The smallest absolute Gasteiger partial charge is 0.260 e. The molecule has 1 aliphatic rings. The Kier molecular flexibility index (Phi) is 2.99. The Morgan fingerprint density at radius 1 is 1.61 bits per heavy atom. The molecule has 0 aromatic carbocycles. The van der Waals surface area contributed by atoms with Crippen molar-refractivity contribution >= 4 is 11.5 Å². The molecule has 0 aliphatic carbocycles. The number of nitrogens with zero attached hydrogens (tertiary/aromatic N) is 3. The SMILES string of the molecule is NNc1cn2ccnc2c(OCC2CCCO2)n1. The summed E-state index contributed by atoms with van der Waals surface area (Å²) in [5.74, 6) is 6.36. The van der Waals surface area contributed by atoms with Gasteiger partial charge in [-0.1, -0.05) is 0 Å². The van der Waals surface area contributed by atoms with E-state index in [1.165, 1.54) is 0 Å². The maximum Gasteiger partial charge on any atom is 0.260 e. The number of hydrogen-bond donors (Lipinski definition) is 2. The van der Waals surface area contributed by atoms with Gasteiger partial charge in [-0.25, -0.2) is 10.8 Å². The van der Waals surface area contributed by atoms with E-state index < -0.39 is 0 Å². The number of fused-ring (bicyclic) bond motifs is 1. The number of anilines is 1. The zero-order valence-corrected chi connectivity index (χ0v) is 9.87. The van der Waals surface area contributed by atoms with Crippen molar-refractivity contribution in [3.8, 4) is 5.88 Å². The van der Waals surface area contributed by atoms with Crippen LogP contribution in [0.2, 0.25) is 0 Å². The number of rotatable bonds is 4. The highest BCUT2D eigenvalue weighted by molar-refractivity contribution is 5.53. The van der Waals surface area contributed by atoms with Crippen LogP contribution in [-0.4, -0.2) is 33.7 Å². The zero-order valence-electron chi connectivity index (χ0n) is 9.87. The molecule has 96 valence electrons. The van der Waals surface area contributed by atoms with E-state index in [0.29, 0.717) is 24.0 Å². The van der Waals surface area contributed by atoms with Gasteiger partial charge in [0, 0.05) is 19.0 Å². The van der Waals surface area contributed by atoms with Gasteiger partial charge in [-0.3, -0.25) is 4.40 Å². The van der Waals surface area contributed by atoms with Crippen molar-refractivity contribution in [1.82, 2.24) is 14.4 Å². The fourth-order valence-electron chi connectivity index (χ4n) is 2.02. The van der Waals surface area contributed by atoms with Crippen molar-refractivity contribution in [1.29, 1.82) is 0 Å². The normalized spacial score (nSPS) is 19.3. The quantitative estimate of drug-likeness (QED) is 0.608. The van der Waals surface area contributed by atoms with Crippen LogP contribution < -0.4 is 16.0 Å². The van der Waals surface area contributed by atoms with Crippen LogP contribution in [0.1, 0.15) is 12.8 Å². The molecule has 7 nitrogen and oxygen atoms in total. The standard InChI is InChI=1S/C11H15N5O2/c12-15-9-6-16-4-3-13-10(16)11(14-9)18-7-8-2-1-5-17-8/h3-4,6,8,15H,1-2,5,7,12H2. The topological polar surface area (TPSA) is 86.7 Å². The van der Waals surface area contributed by atoms with E-state index in [1.54, 1.807) is 12.4 Å². The minimum Gasteiger partial charge on any atom is -0.472 e.